The minimum atomic E-state index is 0.128. The number of hydrogen-bond donors (Lipinski definition) is 1. The molecule has 1 atom stereocenters. The Kier molecular flexibility index (Phi) is 6.24. The van der Waals surface area contributed by atoms with Gasteiger partial charge in [0.25, 0.3) is 0 Å². The second-order valence-electron chi connectivity index (χ2n) is 8.05. The zero-order valence-electron chi connectivity index (χ0n) is 17.1. The molecule has 1 aromatic carbocycles. The van der Waals surface area contributed by atoms with E-state index >= 15 is 0 Å². The maximum absolute atomic E-state index is 12.4. The zero-order valence-corrected chi connectivity index (χ0v) is 17.1. The second-order valence-corrected chi connectivity index (χ2v) is 8.05. The van der Waals surface area contributed by atoms with Gasteiger partial charge in [-0.1, -0.05) is 17.7 Å². The van der Waals surface area contributed by atoms with Crippen molar-refractivity contribution in [2.45, 2.75) is 13.3 Å². The smallest absolute Gasteiger partial charge is 0.234 e. The van der Waals surface area contributed by atoms with E-state index in [0.717, 1.165) is 58.2 Å². The topological polar surface area (TPSA) is 64.6 Å². The molecule has 1 unspecified atom stereocenters. The van der Waals surface area contributed by atoms with Crippen molar-refractivity contribution in [1.82, 2.24) is 20.2 Å². The Morgan fingerprint density at radius 1 is 1.03 bits per heavy atom. The third kappa shape index (κ3) is 5.23. The Bertz CT molecular complexity index is 789. The lowest BCUT2D eigenvalue weighted by Gasteiger charge is -2.34. The minimum Gasteiger partial charge on any atom is -0.371 e. The first-order valence-electron chi connectivity index (χ1n) is 10.5. The summed E-state index contributed by atoms with van der Waals surface area (Å²) in [6, 6.07) is 10.5. The Balaban J connectivity index is 1.16. The number of aryl methyl sites for hydroxylation is 1. The first-order chi connectivity index (χ1) is 14.2. The molecule has 2 fully saturated rings. The Morgan fingerprint density at radius 2 is 1.76 bits per heavy atom. The van der Waals surface area contributed by atoms with Gasteiger partial charge in [-0.2, -0.15) is 0 Å². The standard InChI is InChI=1S/C22H30N6O/c1-18-3-5-20(6-4-18)28-10-7-19(16-28)15-25-21(29)17-26-11-13-27(14-12-26)22-23-8-2-9-24-22/h2-6,8-9,19H,7,10-17H2,1H3,(H,25,29). The number of carbonyl (C=O) groups excluding carboxylic acids is 1. The van der Waals surface area contributed by atoms with E-state index in [0.29, 0.717) is 12.5 Å². The molecule has 0 saturated carbocycles. The molecule has 0 bridgehead atoms. The van der Waals surface area contributed by atoms with Crippen LogP contribution in [0.4, 0.5) is 11.6 Å². The third-order valence-corrected chi connectivity index (χ3v) is 5.85. The lowest BCUT2D eigenvalue weighted by atomic mass is 10.1. The summed E-state index contributed by atoms with van der Waals surface area (Å²) < 4.78 is 0. The van der Waals surface area contributed by atoms with Crippen LogP contribution >= 0.6 is 0 Å². The van der Waals surface area contributed by atoms with Gasteiger partial charge in [0.15, 0.2) is 0 Å². The van der Waals surface area contributed by atoms with Gasteiger partial charge in [-0.25, -0.2) is 9.97 Å². The van der Waals surface area contributed by atoms with Crippen LogP contribution in [0.1, 0.15) is 12.0 Å². The minimum absolute atomic E-state index is 0.128. The van der Waals surface area contributed by atoms with Crippen LogP contribution in [0.25, 0.3) is 0 Å². The summed E-state index contributed by atoms with van der Waals surface area (Å²) in [5.74, 6) is 1.42. The van der Waals surface area contributed by atoms with Gasteiger partial charge in [0.2, 0.25) is 11.9 Å². The van der Waals surface area contributed by atoms with Gasteiger partial charge in [0, 0.05) is 63.9 Å². The highest BCUT2D eigenvalue weighted by atomic mass is 16.2. The van der Waals surface area contributed by atoms with E-state index in [9.17, 15) is 4.79 Å². The van der Waals surface area contributed by atoms with Gasteiger partial charge in [-0.15, -0.1) is 0 Å². The van der Waals surface area contributed by atoms with Crippen LogP contribution in [-0.2, 0) is 4.79 Å². The summed E-state index contributed by atoms with van der Waals surface area (Å²) in [4.78, 5) is 27.8. The van der Waals surface area contributed by atoms with Crippen LogP contribution in [0, 0.1) is 12.8 Å². The predicted molar refractivity (Wildman–Crippen MR) is 115 cm³/mol. The van der Waals surface area contributed by atoms with E-state index in [2.05, 4.69) is 61.2 Å². The van der Waals surface area contributed by atoms with Gasteiger partial charge < -0.3 is 15.1 Å². The zero-order chi connectivity index (χ0) is 20.1. The lowest BCUT2D eigenvalue weighted by molar-refractivity contribution is -0.122. The number of anilines is 2. The van der Waals surface area contributed by atoms with Gasteiger partial charge in [0.1, 0.15) is 0 Å². The Hall–Kier alpha value is -2.67. The molecule has 2 aliphatic heterocycles. The molecule has 2 aliphatic rings. The number of amides is 1. The average molecular weight is 395 g/mol. The molecular formula is C22H30N6O. The monoisotopic (exact) mass is 394 g/mol. The van der Waals surface area contributed by atoms with Crippen molar-refractivity contribution < 1.29 is 4.79 Å². The molecule has 1 N–H and O–H groups in total. The first-order valence-corrected chi connectivity index (χ1v) is 10.5. The molecule has 4 rings (SSSR count). The molecule has 2 aromatic rings. The molecule has 3 heterocycles. The number of benzene rings is 1. The van der Waals surface area contributed by atoms with Gasteiger partial charge in [-0.05, 0) is 37.5 Å². The fourth-order valence-electron chi connectivity index (χ4n) is 4.07. The summed E-state index contributed by atoms with van der Waals surface area (Å²) in [7, 11) is 0. The third-order valence-electron chi connectivity index (χ3n) is 5.85. The van der Waals surface area contributed by atoms with Gasteiger partial charge in [-0.3, -0.25) is 9.69 Å². The van der Waals surface area contributed by atoms with E-state index in [1.165, 1.54) is 11.3 Å². The highest BCUT2D eigenvalue weighted by molar-refractivity contribution is 5.78. The van der Waals surface area contributed by atoms with Crippen LogP contribution in [0.15, 0.2) is 42.7 Å². The normalized spacial score (nSPS) is 20.1. The number of nitrogens with one attached hydrogen (secondary N) is 1. The van der Waals surface area contributed by atoms with Crippen molar-refractivity contribution in [3.05, 3.63) is 48.3 Å². The summed E-state index contributed by atoms with van der Waals surface area (Å²) in [6.07, 6.45) is 4.67. The number of carbonyl (C=O) groups is 1. The quantitative estimate of drug-likeness (QED) is 0.802. The highest BCUT2D eigenvalue weighted by Gasteiger charge is 2.24. The molecule has 2 saturated heterocycles. The van der Waals surface area contributed by atoms with E-state index in [-0.39, 0.29) is 5.91 Å². The Morgan fingerprint density at radius 3 is 2.48 bits per heavy atom. The molecule has 7 heteroatoms. The van der Waals surface area contributed by atoms with Crippen molar-refractivity contribution in [3.8, 4) is 0 Å². The number of rotatable bonds is 6. The first kappa shape index (κ1) is 19.6. The molecule has 1 amide bonds. The molecule has 7 nitrogen and oxygen atoms in total. The van der Waals surface area contributed by atoms with E-state index in [4.69, 9.17) is 0 Å². The summed E-state index contributed by atoms with van der Waals surface area (Å²) >= 11 is 0. The number of nitrogens with zero attached hydrogens (tertiary/aromatic N) is 5. The maximum atomic E-state index is 12.4. The van der Waals surface area contributed by atoms with Crippen molar-refractivity contribution in [1.29, 1.82) is 0 Å². The van der Waals surface area contributed by atoms with Crippen LogP contribution < -0.4 is 15.1 Å². The van der Waals surface area contributed by atoms with Crippen LogP contribution in [0.2, 0.25) is 0 Å². The van der Waals surface area contributed by atoms with Crippen molar-refractivity contribution in [2.24, 2.45) is 5.92 Å². The summed E-state index contributed by atoms with van der Waals surface area (Å²) in [5.41, 5.74) is 2.57. The molecule has 0 spiro atoms. The molecule has 29 heavy (non-hydrogen) atoms. The molecule has 154 valence electrons. The van der Waals surface area contributed by atoms with Crippen molar-refractivity contribution in [2.75, 3.05) is 62.2 Å². The van der Waals surface area contributed by atoms with E-state index in [1.807, 2.05) is 6.07 Å². The highest BCUT2D eigenvalue weighted by Crippen LogP contribution is 2.23. The molecule has 1 aromatic heterocycles. The van der Waals surface area contributed by atoms with Crippen LogP contribution in [0.5, 0.6) is 0 Å². The lowest BCUT2D eigenvalue weighted by Crippen LogP contribution is -2.50. The van der Waals surface area contributed by atoms with E-state index < -0.39 is 0 Å². The average Bonchev–Trinajstić information content (AvgIpc) is 3.23. The number of piperazine rings is 1. The number of hydrogen-bond acceptors (Lipinski definition) is 6. The molecule has 0 aliphatic carbocycles. The second kappa shape index (κ2) is 9.22. The molecular weight excluding hydrogens is 364 g/mol. The summed E-state index contributed by atoms with van der Waals surface area (Å²) in [5, 5.41) is 3.15. The van der Waals surface area contributed by atoms with Gasteiger partial charge in [0.05, 0.1) is 6.54 Å². The van der Waals surface area contributed by atoms with Crippen molar-refractivity contribution >= 4 is 17.5 Å². The largest absolute Gasteiger partial charge is 0.371 e. The van der Waals surface area contributed by atoms with Crippen LogP contribution in [-0.4, -0.2) is 73.1 Å². The maximum Gasteiger partial charge on any atom is 0.234 e. The van der Waals surface area contributed by atoms with Gasteiger partial charge >= 0.3 is 0 Å². The fraction of sp³-hybridized carbons (Fsp3) is 0.500. The number of aromatic nitrogens is 2. The molecule has 0 radical (unpaired) electrons. The predicted octanol–water partition coefficient (Wildman–Crippen LogP) is 1.55. The summed E-state index contributed by atoms with van der Waals surface area (Å²) in [6.45, 7) is 8.84. The fourth-order valence-corrected chi connectivity index (χ4v) is 4.07. The Labute approximate surface area is 172 Å². The van der Waals surface area contributed by atoms with E-state index in [1.54, 1.807) is 12.4 Å². The SMILES string of the molecule is Cc1ccc(N2CCC(CNC(=O)CN3CCN(c4ncccn4)CC3)C2)cc1. The van der Waals surface area contributed by atoms with Crippen LogP contribution in [0.3, 0.4) is 0 Å². The van der Waals surface area contributed by atoms with Crippen molar-refractivity contribution in [3.63, 3.8) is 0 Å².